The maximum Gasteiger partial charge on any atom is 0.409 e. The van der Waals surface area contributed by atoms with E-state index >= 15 is 0 Å². The van der Waals surface area contributed by atoms with E-state index in [2.05, 4.69) is 5.32 Å². The van der Waals surface area contributed by atoms with E-state index in [1.165, 1.54) is 23.5 Å². The molecule has 184 valence electrons. The molecule has 0 aromatic heterocycles. The summed E-state index contributed by atoms with van der Waals surface area (Å²) in [5.41, 5.74) is 0.323. The summed E-state index contributed by atoms with van der Waals surface area (Å²) < 4.78 is 38.2. The fourth-order valence-electron chi connectivity index (χ4n) is 4.07. The summed E-state index contributed by atoms with van der Waals surface area (Å²) in [6, 6.07) is 4.55. The van der Waals surface area contributed by atoms with Crippen molar-refractivity contribution in [3.8, 4) is 5.75 Å². The van der Waals surface area contributed by atoms with E-state index in [9.17, 15) is 18.0 Å². The Bertz CT molecular complexity index is 923. The fraction of sp³-hybridized carbons (Fsp3) is 0.636. The molecule has 2 heterocycles. The van der Waals surface area contributed by atoms with Crippen molar-refractivity contribution >= 4 is 27.7 Å². The molecule has 1 aromatic carbocycles. The summed E-state index contributed by atoms with van der Waals surface area (Å²) in [6.45, 7) is 5.30. The average molecular weight is 483 g/mol. The van der Waals surface area contributed by atoms with Crippen LogP contribution in [-0.2, 0) is 19.6 Å². The van der Waals surface area contributed by atoms with Gasteiger partial charge in [-0.15, -0.1) is 0 Å². The van der Waals surface area contributed by atoms with Crippen LogP contribution in [0, 0.1) is 0 Å². The number of rotatable bonds is 7. The third kappa shape index (κ3) is 6.58. The third-order valence-corrected chi connectivity index (χ3v) is 7.81. The van der Waals surface area contributed by atoms with E-state index in [-0.39, 0.29) is 23.4 Å². The average Bonchev–Trinajstić information content (AvgIpc) is 3.10. The highest BCUT2D eigenvalue weighted by molar-refractivity contribution is 7.89. The largest absolute Gasteiger partial charge is 0.495 e. The van der Waals surface area contributed by atoms with Gasteiger partial charge in [0.1, 0.15) is 5.75 Å². The first kappa shape index (κ1) is 25.3. The predicted octanol–water partition coefficient (Wildman–Crippen LogP) is 1.97. The maximum atomic E-state index is 13.1. The molecule has 0 radical (unpaired) electrons. The summed E-state index contributed by atoms with van der Waals surface area (Å²) in [7, 11) is -2.17. The minimum absolute atomic E-state index is 0.128. The molecule has 0 spiro atoms. The topological polar surface area (TPSA) is 108 Å². The van der Waals surface area contributed by atoms with Crippen LogP contribution < -0.4 is 10.1 Å². The molecule has 33 heavy (non-hydrogen) atoms. The number of piperazine rings is 1. The third-order valence-electron chi connectivity index (χ3n) is 5.91. The summed E-state index contributed by atoms with van der Waals surface area (Å²) >= 11 is 0. The Morgan fingerprint density at radius 1 is 1.00 bits per heavy atom. The number of sulfonamides is 1. The maximum absolute atomic E-state index is 13.1. The van der Waals surface area contributed by atoms with E-state index in [4.69, 9.17) is 9.47 Å². The Balaban J connectivity index is 1.64. The molecule has 0 unspecified atom stereocenters. The Morgan fingerprint density at radius 2 is 1.67 bits per heavy atom. The molecule has 0 saturated carbocycles. The Hall–Kier alpha value is -2.37. The van der Waals surface area contributed by atoms with Crippen LogP contribution in [0.4, 0.5) is 10.5 Å². The first-order valence-corrected chi connectivity index (χ1v) is 12.9. The van der Waals surface area contributed by atoms with Gasteiger partial charge in [-0.1, -0.05) is 12.8 Å². The van der Waals surface area contributed by atoms with Gasteiger partial charge in [-0.3, -0.25) is 9.69 Å². The van der Waals surface area contributed by atoms with Gasteiger partial charge in [0.15, 0.2) is 0 Å². The zero-order valence-electron chi connectivity index (χ0n) is 19.4. The molecule has 10 nitrogen and oxygen atoms in total. The van der Waals surface area contributed by atoms with E-state index in [1.54, 1.807) is 17.9 Å². The summed E-state index contributed by atoms with van der Waals surface area (Å²) in [5.74, 6) is 0.118. The lowest BCUT2D eigenvalue weighted by Gasteiger charge is -2.33. The van der Waals surface area contributed by atoms with Crippen molar-refractivity contribution in [2.75, 3.05) is 64.8 Å². The van der Waals surface area contributed by atoms with Gasteiger partial charge >= 0.3 is 6.09 Å². The highest BCUT2D eigenvalue weighted by Crippen LogP contribution is 2.30. The highest BCUT2D eigenvalue weighted by Gasteiger charge is 2.27. The van der Waals surface area contributed by atoms with Crippen LogP contribution in [0.3, 0.4) is 0 Å². The lowest BCUT2D eigenvalue weighted by Crippen LogP contribution is -2.50. The molecule has 0 aliphatic carbocycles. The van der Waals surface area contributed by atoms with Crippen LogP contribution in [0.2, 0.25) is 0 Å². The number of anilines is 1. The van der Waals surface area contributed by atoms with E-state index in [0.717, 1.165) is 25.7 Å². The van der Waals surface area contributed by atoms with Crippen LogP contribution in [0.15, 0.2) is 23.1 Å². The van der Waals surface area contributed by atoms with Crippen molar-refractivity contribution in [3.05, 3.63) is 18.2 Å². The second kappa shape index (κ2) is 11.7. The molecule has 2 fully saturated rings. The van der Waals surface area contributed by atoms with E-state index < -0.39 is 10.0 Å². The lowest BCUT2D eigenvalue weighted by atomic mass is 10.2. The smallest absolute Gasteiger partial charge is 0.409 e. The van der Waals surface area contributed by atoms with Crippen molar-refractivity contribution in [1.82, 2.24) is 14.1 Å². The number of ether oxygens (including phenoxy) is 2. The molecule has 1 N–H and O–H groups in total. The van der Waals surface area contributed by atoms with Gasteiger partial charge in [0.25, 0.3) is 0 Å². The Morgan fingerprint density at radius 3 is 2.27 bits per heavy atom. The molecular formula is C22H34N4O6S. The molecule has 2 aliphatic heterocycles. The van der Waals surface area contributed by atoms with Crippen molar-refractivity contribution < 1.29 is 27.5 Å². The number of amides is 2. The van der Waals surface area contributed by atoms with Gasteiger partial charge in [-0.2, -0.15) is 4.31 Å². The van der Waals surface area contributed by atoms with Gasteiger partial charge in [-0.25, -0.2) is 13.2 Å². The van der Waals surface area contributed by atoms with Gasteiger partial charge in [0.05, 0.1) is 30.8 Å². The van der Waals surface area contributed by atoms with Gasteiger partial charge in [0, 0.05) is 39.3 Å². The molecule has 3 rings (SSSR count). The number of methoxy groups -OCH3 is 1. The van der Waals surface area contributed by atoms with Crippen molar-refractivity contribution in [2.24, 2.45) is 0 Å². The number of hydrogen-bond acceptors (Lipinski definition) is 7. The van der Waals surface area contributed by atoms with Crippen LogP contribution >= 0.6 is 0 Å². The quantitative estimate of drug-likeness (QED) is 0.633. The number of benzene rings is 1. The molecule has 1 aromatic rings. The van der Waals surface area contributed by atoms with Crippen molar-refractivity contribution in [2.45, 2.75) is 37.5 Å². The second-order valence-electron chi connectivity index (χ2n) is 8.19. The zero-order chi connectivity index (χ0) is 23.8. The first-order valence-electron chi connectivity index (χ1n) is 11.5. The van der Waals surface area contributed by atoms with E-state index in [1.807, 2.05) is 4.90 Å². The molecule has 2 amide bonds. The number of hydrogen-bond donors (Lipinski definition) is 1. The van der Waals surface area contributed by atoms with Crippen LogP contribution in [0.5, 0.6) is 5.75 Å². The molecule has 11 heteroatoms. The number of nitrogens with one attached hydrogen (secondary N) is 1. The number of carbonyl (C=O) groups is 2. The molecular weight excluding hydrogens is 448 g/mol. The molecule has 0 bridgehead atoms. The molecule has 0 atom stereocenters. The molecule has 2 saturated heterocycles. The second-order valence-corrected chi connectivity index (χ2v) is 10.1. The molecule has 2 aliphatic rings. The van der Waals surface area contributed by atoms with Gasteiger partial charge in [-0.05, 0) is 38.0 Å². The number of carbonyl (C=O) groups excluding carboxylic acids is 2. The Kier molecular flexibility index (Phi) is 8.93. The standard InChI is InChI=1S/C22H34N4O6S/c1-3-32-22(28)25-14-12-24(13-15-25)17-21(27)23-19-16-18(8-9-20(19)31-2)33(29,30)26-10-6-4-5-7-11-26/h8-9,16H,3-7,10-15,17H2,1-2H3,(H,23,27). The van der Waals surface area contributed by atoms with Crippen LogP contribution in [-0.4, -0.2) is 94.1 Å². The Labute approximate surface area is 195 Å². The number of nitrogens with zero attached hydrogens (tertiary/aromatic N) is 3. The summed E-state index contributed by atoms with van der Waals surface area (Å²) in [4.78, 5) is 28.2. The summed E-state index contributed by atoms with van der Waals surface area (Å²) in [6.07, 6.45) is 3.42. The lowest BCUT2D eigenvalue weighted by molar-refractivity contribution is -0.117. The van der Waals surface area contributed by atoms with Crippen LogP contribution in [0.1, 0.15) is 32.6 Å². The fourth-order valence-corrected chi connectivity index (χ4v) is 5.62. The zero-order valence-corrected chi connectivity index (χ0v) is 20.2. The highest BCUT2D eigenvalue weighted by atomic mass is 32.2. The van der Waals surface area contributed by atoms with Gasteiger partial charge < -0.3 is 19.7 Å². The minimum Gasteiger partial charge on any atom is -0.495 e. The summed E-state index contributed by atoms with van der Waals surface area (Å²) in [5, 5.41) is 2.80. The monoisotopic (exact) mass is 482 g/mol. The van der Waals surface area contributed by atoms with E-state index in [0.29, 0.717) is 57.3 Å². The van der Waals surface area contributed by atoms with Crippen molar-refractivity contribution in [3.63, 3.8) is 0 Å². The minimum atomic E-state index is -3.65. The van der Waals surface area contributed by atoms with Crippen molar-refractivity contribution in [1.29, 1.82) is 0 Å². The van der Waals surface area contributed by atoms with Crippen LogP contribution in [0.25, 0.3) is 0 Å². The first-order chi connectivity index (χ1) is 15.8. The van der Waals surface area contributed by atoms with Gasteiger partial charge in [0.2, 0.25) is 15.9 Å². The predicted molar refractivity (Wildman–Crippen MR) is 124 cm³/mol. The SMILES string of the molecule is CCOC(=O)N1CCN(CC(=O)Nc2cc(S(=O)(=O)N3CCCCCC3)ccc2OC)CC1. The normalized spacial score (nSPS) is 18.4.